The van der Waals surface area contributed by atoms with Crippen LogP contribution in [0.5, 0.6) is 0 Å². The number of anilines is 2. The maximum absolute atomic E-state index is 13.1. The van der Waals surface area contributed by atoms with Crippen molar-refractivity contribution in [2.75, 3.05) is 36.4 Å². The highest BCUT2D eigenvalue weighted by atomic mass is 32.2. The van der Waals surface area contributed by atoms with Crippen molar-refractivity contribution in [3.63, 3.8) is 0 Å². The van der Waals surface area contributed by atoms with Crippen LogP contribution < -0.4 is 10.2 Å². The Morgan fingerprint density at radius 1 is 0.938 bits per heavy atom. The normalized spacial score (nSPS) is 14.9. The minimum absolute atomic E-state index is 0.202. The Hall–Kier alpha value is -3.30. The van der Waals surface area contributed by atoms with Crippen molar-refractivity contribution in [3.8, 4) is 11.3 Å². The summed E-state index contributed by atoms with van der Waals surface area (Å²) >= 11 is 0. The topological polar surface area (TPSA) is 95.5 Å². The Morgan fingerprint density at radius 3 is 2.22 bits per heavy atom. The van der Waals surface area contributed by atoms with E-state index >= 15 is 0 Å². The van der Waals surface area contributed by atoms with Gasteiger partial charge < -0.3 is 10.2 Å². The number of nitrogens with one attached hydrogen (secondary N) is 1. The van der Waals surface area contributed by atoms with Crippen LogP contribution in [0, 0.1) is 6.92 Å². The fourth-order valence-corrected chi connectivity index (χ4v) is 5.11. The van der Waals surface area contributed by atoms with Crippen molar-refractivity contribution < 1.29 is 13.2 Å². The molecule has 0 bridgehead atoms. The maximum Gasteiger partial charge on any atom is 0.243 e. The standard InChI is InChI=1S/C23H25N5O3S/c1-17-24-22(19-6-4-3-5-7-19)16-23(25-17)27-12-14-28(15-13-27)32(30,31)21-10-8-20(9-11-21)26-18(2)29/h3-11,16H,12-15H2,1-2H3,(H,26,29). The van der Waals surface area contributed by atoms with Crippen LogP contribution in [0.1, 0.15) is 12.7 Å². The Labute approximate surface area is 188 Å². The van der Waals surface area contributed by atoms with E-state index in [4.69, 9.17) is 0 Å². The molecule has 3 aromatic rings. The molecule has 1 saturated heterocycles. The van der Waals surface area contributed by atoms with Crippen molar-refractivity contribution in [1.82, 2.24) is 14.3 Å². The first-order valence-corrected chi connectivity index (χ1v) is 11.8. The summed E-state index contributed by atoms with van der Waals surface area (Å²) in [5.74, 6) is 1.27. The number of nitrogens with zero attached hydrogens (tertiary/aromatic N) is 4. The first-order chi connectivity index (χ1) is 15.3. The predicted molar refractivity (Wildman–Crippen MR) is 124 cm³/mol. The van der Waals surface area contributed by atoms with Gasteiger partial charge in [0.1, 0.15) is 11.6 Å². The van der Waals surface area contributed by atoms with Crippen LogP contribution in [0.4, 0.5) is 11.5 Å². The third-order valence-electron chi connectivity index (χ3n) is 5.27. The molecule has 0 atom stereocenters. The van der Waals surface area contributed by atoms with E-state index in [2.05, 4.69) is 20.2 Å². The molecule has 0 saturated carbocycles. The van der Waals surface area contributed by atoms with E-state index in [1.165, 1.54) is 23.4 Å². The number of rotatable bonds is 5. The van der Waals surface area contributed by atoms with E-state index in [9.17, 15) is 13.2 Å². The molecule has 1 N–H and O–H groups in total. The smallest absolute Gasteiger partial charge is 0.243 e. The van der Waals surface area contributed by atoms with E-state index in [1.807, 2.05) is 43.3 Å². The monoisotopic (exact) mass is 451 g/mol. The molecule has 1 aliphatic heterocycles. The molecule has 0 aliphatic carbocycles. The van der Waals surface area contributed by atoms with Gasteiger partial charge in [-0.1, -0.05) is 30.3 Å². The molecule has 4 rings (SSSR count). The van der Waals surface area contributed by atoms with Gasteiger partial charge in [0.25, 0.3) is 0 Å². The molecule has 0 unspecified atom stereocenters. The average molecular weight is 452 g/mol. The van der Waals surface area contributed by atoms with Crippen LogP contribution in [0.3, 0.4) is 0 Å². The molecule has 0 radical (unpaired) electrons. The molecular formula is C23H25N5O3S. The number of piperazine rings is 1. The third-order valence-corrected chi connectivity index (χ3v) is 7.18. The zero-order valence-electron chi connectivity index (χ0n) is 18.0. The van der Waals surface area contributed by atoms with Crippen molar-refractivity contribution in [2.24, 2.45) is 0 Å². The summed E-state index contributed by atoms with van der Waals surface area (Å²) < 4.78 is 27.6. The second-order valence-corrected chi connectivity index (χ2v) is 9.56. The zero-order valence-corrected chi connectivity index (χ0v) is 18.8. The van der Waals surface area contributed by atoms with Crippen LogP contribution in [-0.4, -0.2) is 54.8 Å². The van der Waals surface area contributed by atoms with Crippen molar-refractivity contribution >= 4 is 27.4 Å². The molecule has 32 heavy (non-hydrogen) atoms. The van der Waals surface area contributed by atoms with Crippen molar-refractivity contribution in [2.45, 2.75) is 18.7 Å². The second kappa shape index (κ2) is 9.05. The largest absolute Gasteiger partial charge is 0.354 e. The Morgan fingerprint density at radius 2 is 1.59 bits per heavy atom. The van der Waals surface area contributed by atoms with Gasteiger partial charge in [-0.25, -0.2) is 18.4 Å². The quantitative estimate of drug-likeness (QED) is 0.641. The summed E-state index contributed by atoms with van der Waals surface area (Å²) in [4.78, 5) is 22.6. The lowest BCUT2D eigenvalue weighted by Crippen LogP contribution is -2.49. The van der Waals surface area contributed by atoms with Crippen molar-refractivity contribution in [3.05, 3.63) is 66.5 Å². The summed E-state index contributed by atoms with van der Waals surface area (Å²) in [6, 6.07) is 18.1. The summed E-state index contributed by atoms with van der Waals surface area (Å²) in [6.45, 7) is 5.06. The summed E-state index contributed by atoms with van der Waals surface area (Å²) in [5, 5.41) is 2.64. The number of carbonyl (C=O) groups excluding carboxylic acids is 1. The zero-order chi connectivity index (χ0) is 22.7. The fourth-order valence-electron chi connectivity index (χ4n) is 3.69. The van der Waals surface area contributed by atoms with Crippen LogP contribution in [0.15, 0.2) is 65.6 Å². The van der Waals surface area contributed by atoms with Crippen LogP contribution >= 0.6 is 0 Å². The molecular weight excluding hydrogens is 426 g/mol. The van der Waals surface area contributed by atoms with Gasteiger partial charge >= 0.3 is 0 Å². The number of aryl methyl sites for hydroxylation is 1. The molecule has 2 heterocycles. The number of sulfonamides is 1. The Bertz CT molecular complexity index is 1210. The molecule has 1 amide bonds. The number of benzene rings is 2. The number of hydrogen-bond acceptors (Lipinski definition) is 6. The van der Waals surface area contributed by atoms with Gasteiger partial charge in [-0.3, -0.25) is 4.79 Å². The lowest BCUT2D eigenvalue weighted by Gasteiger charge is -2.34. The average Bonchev–Trinajstić information content (AvgIpc) is 2.79. The fraction of sp³-hybridized carbons (Fsp3) is 0.261. The van der Waals surface area contributed by atoms with Crippen LogP contribution in [0.25, 0.3) is 11.3 Å². The Balaban J connectivity index is 1.47. The number of hydrogen-bond donors (Lipinski definition) is 1. The van der Waals surface area contributed by atoms with E-state index in [0.29, 0.717) is 37.7 Å². The SMILES string of the molecule is CC(=O)Nc1ccc(S(=O)(=O)N2CCN(c3cc(-c4ccccc4)nc(C)n3)CC2)cc1. The second-order valence-electron chi connectivity index (χ2n) is 7.62. The van der Waals surface area contributed by atoms with Gasteiger partial charge in [-0.15, -0.1) is 0 Å². The maximum atomic E-state index is 13.1. The molecule has 166 valence electrons. The molecule has 0 spiro atoms. The number of aromatic nitrogens is 2. The highest BCUT2D eigenvalue weighted by molar-refractivity contribution is 7.89. The van der Waals surface area contributed by atoms with Gasteiger partial charge in [0.2, 0.25) is 15.9 Å². The molecule has 9 heteroatoms. The third kappa shape index (κ3) is 4.79. The molecule has 1 aliphatic rings. The van der Waals surface area contributed by atoms with Crippen LogP contribution in [0.2, 0.25) is 0 Å². The first-order valence-electron chi connectivity index (χ1n) is 10.4. The minimum atomic E-state index is -3.61. The summed E-state index contributed by atoms with van der Waals surface area (Å²) in [5.41, 5.74) is 2.43. The van der Waals surface area contributed by atoms with Gasteiger partial charge in [-0.05, 0) is 31.2 Å². The predicted octanol–water partition coefficient (Wildman–Crippen LogP) is 2.92. The molecule has 1 fully saturated rings. The lowest BCUT2D eigenvalue weighted by molar-refractivity contribution is -0.114. The summed E-state index contributed by atoms with van der Waals surface area (Å²) in [6.07, 6.45) is 0. The van der Waals surface area contributed by atoms with Gasteiger partial charge in [0, 0.05) is 50.4 Å². The van der Waals surface area contributed by atoms with Gasteiger partial charge in [-0.2, -0.15) is 4.31 Å². The molecule has 2 aromatic carbocycles. The van der Waals surface area contributed by atoms with E-state index in [1.54, 1.807) is 12.1 Å². The van der Waals surface area contributed by atoms with E-state index in [-0.39, 0.29) is 10.8 Å². The molecule has 8 nitrogen and oxygen atoms in total. The summed E-state index contributed by atoms with van der Waals surface area (Å²) in [7, 11) is -3.61. The highest BCUT2D eigenvalue weighted by Gasteiger charge is 2.29. The van der Waals surface area contributed by atoms with E-state index in [0.717, 1.165) is 17.1 Å². The highest BCUT2D eigenvalue weighted by Crippen LogP contribution is 2.25. The minimum Gasteiger partial charge on any atom is -0.354 e. The van der Waals surface area contributed by atoms with E-state index < -0.39 is 10.0 Å². The van der Waals surface area contributed by atoms with Crippen LogP contribution in [-0.2, 0) is 14.8 Å². The first kappa shape index (κ1) is 21.9. The number of carbonyl (C=O) groups is 1. The lowest BCUT2D eigenvalue weighted by atomic mass is 10.1. The Kier molecular flexibility index (Phi) is 6.20. The van der Waals surface area contributed by atoms with Crippen molar-refractivity contribution in [1.29, 1.82) is 0 Å². The van der Waals surface area contributed by atoms with Gasteiger partial charge in [0.15, 0.2) is 0 Å². The molecule has 1 aromatic heterocycles. The number of amides is 1. The van der Waals surface area contributed by atoms with Gasteiger partial charge in [0.05, 0.1) is 10.6 Å².